The Kier molecular flexibility index (Phi) is 5.90. The maximum absolute atomic E-state index is 12.3. The highest BCUT2D eigenvalue weighted by atomic mass is 16.5. The van der Waals surface area contributed by atoms with Gasteiger partial charge in [0.1, 0.15) is 6.61 Å². The molecule has 0 bridgehead atoms. The number of anilines is 2. The highest BCUT2D eigenvalue weighted by Gasteiger charge is 2.26. The third-order valence-corrected chi connectivity index (χ3v) is 4.50. The number of amides is 3. The number of nitrogens with zero attached hydrogens (tertiary/aromatic N) is 1. The van der Waals surface area contributed by atoms with Crippen LogP contribution in [0.3, 0.4) is 0 Å². The zero-order valence-corrected chi connectivity index (χ0v) is 15.4. The predicted octanol–water partition coefficient (Wildman–Crippen LogP) is 2.24. The second-order valence-electron chi connectivity index (χ2n) is 6.34. The monoisotopic (exact) mass is 383 g/mol. The van der Waals surface area contributed by atoms with Crippen LogP contribution in [0, 0.1) is 0 Å². The number of hydrogen-bond acceptors (Lipinski definition) is 4. The molecule has 0 atom stereocenters. The molecule has 0 fully saturated rings. The average molecular weight is 383 g/mol. The lowest BCUT2D eigenvalue weighted by molar-refractivity contribution is -0.122. The summed E-state index contributed by atoms with van der Waals surface area (Å²) in [5.41, 5.74) is 3.33. The van der Waals surface area contributed by atoms with Gasteiger partial charge in [-0.3, -0.25) is 4.79 Å². The first-order valence-electron chi connectivity index (χ1n) is 8.78. The molecule has 146 valence electrons. The summed E-state index contributed by atoms with van der Waals surface area (Å²) in [5, 5.41) is 14.5. The average Bonchev–Trinajstić information content (AvgIpc) is 3.12. The van der Waals surface area contributed by atoms with Crippen LogP contribution in [0.5, 0.6) is 0 Å². The number of ether oxygens (including phenoxy) is 1. The van der Waals surface area contributed by atoms with Crippen molar-refractivity contribution in [2.24, 2.45) is 0 Å². The Balaban J connectivity index is 1.62. The number of fused-ring (bicyclic) bond motifs is 1. The minimum atomic E-state index is -0.992. The zero-order valence-electron chi connectivity index (χ0n) is 15.4. The van der Waals surface area contributed by atoms with E-state index in [2.05, 4.69) is 10.6 Å². The Labute approximate surface area is 162 Å². The van der Waals surface area contributed by atoms with Crippen LogP contribution in [-0.2, 0) is 22.5 Å². The van der Waals surface area contributed by atoms with Gasteiger partial charge in [-0.15, -0.1) is 0 Å². The molecule has 2 aromatic rings. The number of carbonyl (C=O) groups is 3. The second-order valence-corrected chi connectivity index (χ2v) is 6.34. The number of methoxy groups -OCH3 is 1. The summed E-state index contributed by atoms with van der Waals surface area (Å²) in [6, 6.07) is 11.4. The lowest BCUT2D eigenvalue weighted by Crippen LogP contribution is -2.32. The molecule has 0 unspecified atom stereocenters. The lowest BCUT2D eigenvalue weighted by atomic mass is 10.1. The summed E-state index contributed by atoms with van der Waals surface area (Å²) in [7, 11) is 1.48. The van der Waals surface area contributed by atoms with Crippen molar-refractivity contribution in [3.05, 3.63) is 59.2 Å². The topological polar surface area (TPSA) is 108 Å². The molecule has 0 aliphatic carbocycles. The van der Waals surface area contributed by atoms with Crippen LogP contribution in [0.15, 0.2) is 42.5 Å². The van der Waals surface area contributed by atoms with Crippen molar-refractivity contribution < 1.29 is 24.2 Å². The van der Waals surface area contributed by atoms with E-state index in [0.717, 1.165) is 16.8 Å². The van der Waals surface area contributed by atoms with Gasteiger partial charge >= 0.3 is 12.0 Å². The number of hydrogen-bond donors (Lipinski definition) is 3. The molecule has 3 N–H and O–H groups in total. The maximum atomic E-state index is 12.3. The van der Waals surface area contributed by atoms with Crippen LogP contribution in [0.25, 0.3) is 0 Å². The van der Waals surface area contributed by atoms with E-state index in [1.54, 1.807) is 29.2 Å². The SMILES string of the molecule is COCC(=O)N1CCc2c(NC(=O)NCc3ccc(C(=O)O)cc3)cccc21. The van der Waals surface area contributed by atoms with Gasteiger partial charge in [0.15, 0.2) is 0 Å². The highest BCUT2D eigenvalue weighted by Crippen LogP contribution is 2.33. The third kappa shape index (κ3) is 4.29. The van der Waals surface area contributed by atoms with Crippen LogP contribution in [0.2, 0.25) is 0 Å². The maximum Gasteiger partial charge on any atom is 0.335 e. The minimum Gasteiger partial charge on any atom is -0.478 e. The van der Waals surface area contributed by atoms with Crippen molar-refractivity contribution in [2.45, 2.75) is 13.0 Å². The number of urea groups is 1. The fourth-order valence-electron chi connectivity index (χ4n) is 3.13. The summed E-state index contributed by atoms with van der Waals surface area (Å²) in [6.45, 7) is 0.825. The molecule has 0 saturated carbocycles. The molecule has 1 heterocycles. The van der Waals surface area contributed by atoms with Crippen molar-refractivity contribution >= 4 is 29.3 Å². The summed E-state index contributed by atoms with van der Waals surface area (Å²) in [4.78, 5) is 36.9. The first kappa shape index (κ1) is 19.4. The molecule has 1 aliphatic heterocycles. The van der Waals surface area contributed by atoms with Gasteiger partial charge in [0.2, 0.25) is 0 Å². The van der Waals surface area contributed by atoms with E-state index in [1.165, 1.54) is 19.2 Å². The smallest absolute Gasteiger partial charge is 0.335 e. The summed E-state index contributed by atoms with van der Waals surface area (Å²) >= 11 is 0. The van der Waals surface area contributed by atoms with E-state index >= 15 is 0 Å². The van der Waals surface area contributed by atoms with Crippen LogP contribution >= 0.6 is 0 Å². The van der Waals surface area contributed by atoms with E-state index in [9.17, 15) is 14.4 Å². The van der Waals surface area contributed by atoms with Gasteiger partial charge in [-0.25, -0.2) is 9.59 Å². The third-order valence-electron chi connectivity index (χ3n) is 4.50. The van der Waals surface area contributed by atoms with Crippen LogP contribution in [-0.4, -0.2) is 43.3 Å². The van der Waals surface area contributed by atoms with Gasteiger partial charge in [0.05, 0.1) is 5.56 Å². The van der Waals surface area contributed by atoms with Crippen LogP contribution in [0.1, 0.15) is 21.5 Å². The molecule has 28 heavy (non-hydrogen) atoms. The van der Waals surface area contributed by atoms with E-state index in [0.29, 0.717) is 18.7 Å². The largest absolute Gasteiger partial charge is 0.478 e. The molecule has 3 rings (SSSR count). The fourth-order valence-corrected chi connectivity index (χ4v) is 3.13. The van der Waals surface area contributed by atoms with Crippen molar-refractivity contribution in [1.29, 1.82) is 0 Å². The molecule has 8 nitrogen and oxygen atoms in total. The van der Waals surface area contributed by atoms with Crippen LogP contribution in [0.4, 0.5) is 16.2 Å². The molecule has 0 radical (unpaired) electrons. The molecule has 8 heteroatoms. The zero-order chi connectivity index (χ0) is 20.1. The normalized spacial score (nSPS) is 12.4. The first-order chi connectivity index (χ1) is 13.5. The Morgan fingerprint density at radius 2 is 1.89 bits per heavy atom. The van der Waals surface area contributed by atoms with Gasteiger partial charge in [-0.1, -0.05) is 18.2 Å². The van der Waals surface area contributed by atoms with Crippen molar-refractivity contribution in [2.75, 3.05) is 30.5 Å². The Morgan fingerprint density at radius 3 is 2.57 bits per heavy atom. The Morgan fingerprint density at radius 1 is 1.14 bits per heavy atom. The number of carboxylic acids is 1. The number of benzene rings is 2. The van der Waals surface area contributed by atoms with Crippen LogP contribution < -0.4 is 15.5 Å². The lowest BCUT2D eigenvalue weighted by Gasteiger charge is -2.17. The number of carbonyl (C=O) groups excluding carboxylic acids is 2. The fraction of sp³-hybridized carbons (Fsp3) is 0.250. The van der Waals surface area contributed by atoms with Gasteiger partial charge in [0.25, 0.3) is 5.91 Å². The van der Waals surface area contributed by atoms with Crippen molar-refractivity contribution in [1.82, 2.24) is 5.32 Å². The van der Waals surface area contributed by atoms with E-state index in [-0.39, 0.29) is 30.7 Å². The predicted molar refractivity (Wildman–Crippen MR) is 104 cm³/mol. The number of nitrogens with one attached hydrogen (secondary N) is 2. The number of carboxylic acid groups (broad SMARTS) is 1. The summed E-state index contributed by atoms with van der Waals surface area (Å²) < 4.78 is 4.92. The molecule has 0 spiro atoms. The van der Waals surface area contributed by atoms with E-state index in [4.69, 9.17) is 9.84 Å². The van der Waals surface area contributed by atoms with Crippen molar-refractivity contribution in [3.63, 3.8) is 0 Å². The molecule has 0 aromatic heterocycles. The molecule has 3 amide bonds. The Hall–Kier alpha value is -3.39. The van der Waals surface area contributed by atoms with Gasteiger partial charge < -0.3 is 25.4 Å². The molecule has 1 aliphatic rings. The Bertz CT molecular complexity index is 895. The number of rotatable bonds is 6. The number of aromatic carboxylic acids is 1. The standard InChI is InChI=1S/C20H21N3O5/c1-28-12-18(24)23-10-9-15-16(3-2-4-17(15)23)22-20(27)21-11-13-5-7-14(8-6-13)19(25)26/h2-8H,9-12H2,1H3,(H,25,26)(H2,21,22,27). The molecular formula is C20H21N3O5. The van der Waals surface area contributed by atoms with Gasteiger partial charge in [0, 0.05) is 37.1 Å². The molecule has 2 aromatic carbocycles. The van der Waals surface area contributed by atoms with Gasteiger partial charge in [-0.2, -0.15) is 0 Å². The van der Waals surface area contributed by atoms with Gasteiger partial charge in [-0.05, 0) is 36.2 Å². The first-order valence-corrected chi connectivity index (χ1v) is 8.78. The van der Waals surface area contributed by atoms with Crippen molar-refractivity contribution in [3.8, 4) is 0 Å². The molecular weight excluding hydrogens is 362 g/mol. The second kappa shape index (κ2) is 8.53. The van der Waals surface area contributed by atoms with E-state index < -0.39 is 5.97 Å². The summed E-state index contributed by atoms with van der Waals surface area (Å²) in [6.07, 6.45) is 0.651. The minimum absolute atomic E-state index is 0.0122. The molecule has 0 saturated heterocycles. The van der Waals surface area contributed by atoms with E-state index in [1.807, 2.05) is 6.07 Å². The highest BCUT2D eigenvalue weighted by molar-refractivity contribution is 5.99. The quantitative estimate of drug-likeness (QED) is 0.709. The summed E-state index contributed by atoms with van der Waals surface area (Å²) in [5.74, 6) is -1.11.